The Labute approximate surface area is 357 Å². The number of likely N-dealkylation sites (N-methyl/N-ethyl adjacent to an activating group) is 2. The lowest BCUT2D eigenvalue weighted by Gasteiger charge is -2.35. The molecule has 6 atom stereocenters. The van der Waals surface area contributed by atoms with Gasteiger partial charge in [-0.15, -0.1) is 0 Å². The molecule has 0 unspecified atom stereocenters. The highest BCUT2D eigenvalue weighted by atomic mass is 19.1. The van der Waals surface area contributed by atoms with E-state index in [0.717, 1.165) is 68.7 Å². The molecule has 4 heterocycles. The highest BCUT2D eigenvalue weighted by molar-refractivity contribution is 5.93. The molecule has 2 saturated heterocycles. The van der Waals surface area contributed by atoms with Crippen LogP contribution in [0.2, 0.25) is 0 Å². The van der Waals surface area contributed by atoms with Gasteiger partial charge in [0.1, 0.15) is 23.7 Å². The minimum absolute atomic E-state index is 0.0462. The fourth-order valence-electron chi connectivity index (χ4n) is 9.82. The molecule has 1 aliphatic carbocycles. The monoisotopic (exact) mass is 843 g/mol. The predicted octanol–water partition coefficient (Wildman–Crippen LogP) is 5.55. The summed E-state index contributed by atoms with van der Waals surface area (Å²) in [5.74, 6) is -0.894. The van der Waals surface area contributed by atoms with Gasteiger partial charge in [0.25, 0.3) is 0 Å². The molecule has 13 nitrogen and oxygen atoms in total. The molecule has 330 valence electrons. The first-order chi connectivity index (χ1) is 29.4. The molecule has 4 aromatic rings. The molecule has 5 N–H and O–H groups in total. The molecule has 1 saturated carbocycles. The standard InChI is InChI=1S/C46H63F2N9O4/c1-6-12-36(53-43(58)27(2)49-4)45(60)55-21-10-15-32(55)25-35-34-19-17-30(47)23-37(34)51-41(35)42-52-38-24-31(48)18-20-39(38)57(42)26-33-16-11-22-56(33)46(61)40(29-13-8-7-9-14-29)54-44(59)28(3)50-5/h17-20,23-24,27-29,32-33,36,40,49-51H,6-16,21-22,25-26H2,1-5H3,(H,53,58)(H,54,59)/t27-,28-,32-,33-,36-,40-/m0/s1. The highest BCUT2D eigenvalue weighted by Crippen LogP contribution is 2.37. The maximum absolute atomic E-state index is 14.9. The molecule has 2 aliphatic heterocycles. The number of aromatic nitrogens is 3. The minimum atomic E-state index is -0.667. The van der Waals surface area contributed by atoms with E-state index in [4.69, 9.17) is 4.98 Å². The van der Waals surface area contributed by atoms with E-state index in [1.165, 1.54) is 24.3 Å². The number of fused-ring (bicyclic) bond motifs is 2. The summed E-state index contributed by atoms with van der Waals surface area (Å²) < 4.78 is 31.8. The molecule has 15 heteroatoms. The number of H-pyrrole nitrogens is 1. The number of nitrogens with zero attached hydrogens (tertiary/aromatic N) is 4. The van der Waals surface area contributed by atoms with E-state index >= 15 is 0 Å². The number of imidazole rings is 1. The minimum Gasteiger partial charge on any atom is -0.352 e. The van der Waals surface area contributed by atoms with Crippen LogP contribution in [0, 0.1) is 17.6 Å². The summed E-state index contributed by atoms with van der Waals surface area (Å²) in [6.07, 6.45) is 9.63. The summed E-state index contributed by atoms with van der Waals surface area (Å²) in [4.78, 5) is 67.5. The van der Waals surface area contributed by atoms with Gasteiger partial charge in [0.2, 0.25) is 23.6 Å². The summed E-state index contributed by atoms with van der Waals surface area (Å²) in [6.45, 7) is 7.00. The molecule has 0 spiro atoms. The molecule has 4 amide bonds. The van der Waals surface area contributed by atoms with E-state index in [2.05, 4.69) is 26.3 Å². The Balaban J connectivity index is 1.24. The van der Waals surface area contributed by atoms with Gasteiger partial charge in [0, 0.05) is 48.7 Å². The van der Waals surface area contributed by atoms with Gasteiger partial charge in [-0.3, -0.25) is 19.2 Å². The molecule has 3 fully saturated rings. The van der Waals surface area contributed by atoms with Gasteiger partial charge >= 0.3 is 0 Å². The second kappa shape index (κ2) is 19.4. The number of amides is 4. The Bertz CT molecular complexity index is 2220. The zero-order valence-electron chi connectivity index (χ0n) is 36.3. The number of aromatic amines is 1. The number of rotatable bonds is 16. The molecular weight excluding hydrogens is 781 g/mol. The van der Waals surface area contributed by atoms with Crippen molar-refractivity contribution in [2.75, 3.05) is 27.2 Å². The van der Waals surface area contributed by atoms with Crippen LogP contribution in [-0.2, 0) is 32.1 Å². The quantitative estimate of drug-likeness (QED) is 0.0991. The first-order valence-corrected chi connectivity index (χ1v) is 22.4. The fraction of sp³-hybridized carbons (Fsp3) is 0.587. The Kier molecular flexibility index (Phi) is 14.1. The van der Waals surface area contributed by atoms with Crippen LogP contribution in [-0.4, -0.2) is 111 Å². The Morgan fingerprint density at radius 1 is 0.803 bits per heavy atom. The number of halogens is 2. The molecule has 7 rings (SSSR count). The smallest absolute Gasteiger partial charge is 0.245 e. The van der Waals surface area contributed by atoms with Gasteiger partial charge in [0.05, 0.1) is 28.8 Å². The van der Waals surface area contributed by atoms with Crippen LogP contribution >= 0.6 is 0 Å². The third-order valence-electron chi connectivity index (χ3n) is 13.5. The number of carbonyl (C=O) groups excluding carboxylic acids is 4. The van der Waals surface area contributed by atoms with Gasteiger partial charge in [-0.25, -0.2) is 13.8 Å². The summed E-state index contributed by atoms with van der Waals surface area (Å²) in [6, 6.07) is 6.50. The number of hydrogen-bond acceptors (Lipinski definition) is 7. The number of likely N-dealkylation sites (tertiary alicyclic amines) is 2. The van der Waals surface area contributed by atoms with Crippen LogP contribution in [0.5, 0.6) is 0 Å². The van der Waals surface area contributed by atoms with Gasteiger partial charge in [-0.05, 0) is 121 Å². The summed E-state index contributed by atoms with van der Waals surface area (Å²) >= 11 is 0. The number of hydrogen-bond donors (Lipinski definition) is 5. The van der Waals surface area contributed by atoms with E-state index in [0.29, 0.717) is 67.0 Å². The van der Waals surface area contributed by atoms with Crippen molar-refractivity contribution in [3.8, 4) is 11.5 Å². The average Bonchev–Trinajstić information content (AvgIpc) is 4.07. The lowest BCUT2D eigenvalue weighted by Crippen LogP contribution is -2.56. The third kappa shape index (κ3) is 9.47. The van der Waals surface area contributed by atoms with Crippen LogP contribution in [0.25, 0.3) is 33.5 Å². The lowest BCUT2D eigenvalue weighted by molar-refractivity contribution is -0.139. The van der Waals surface area contributed by atoms with E-state index in [9.17, 15) is 28.0 Å². The van der Waals surface area contributed by atoms with E-state index in [-0.39, 0.29) is 41.6 Å². The zero-order valence-corrected chi connectivity index (χ0v) is 36.3. The maximum Gasteiger partial charge on any atom is 0.245 e. The van der Waals surface area contributed by atoms with Crippen molar-refractivity contribution < 1.29 is 28.0 Å². The fourth-order valence-corrected chi connectivity index (χ4v) is 9.82. The Morgan fingerprint density at radius 3 is 2.13 bits per heavy atom. The number of benzene rings is 2. The van der Waals surface area contributed by atoms with Crippen molar-refractivity contribution in [3.05, 3.63) is 53.6 Å². The molecule has 2 aromatic carbocycles. The largest absolute Gasteiger partial charge is 0.352 e. The van der Waals surface area contributed by atoms with Crippen LogP contribution < -0.4 is 21.3 Å². The topological polar surface area (TPSA) is 156 Å². The first kappa shape index (κ1) is 44.2. The number of nitrogens with one attached hydrogen (secondary N) is 5. The summed E-state index contributed by atoms with van der Waals surface area (Å²) in [5.41, 5.74) is 3.21. The van der Waals surface area contributed by atoms with Crippen LogP contribution in [0.1, 0.15) is 97.0 Å². The molecule has 0 radical (unpaired) electrons. The highest BCUT2D eigenvalue weighted by Gasteiger charge is 2.40. The van der Waals surface area contributed by atoms with E-state index in [1.54, 1.807) is 40.1 Å². The van der Waals surface area contributed by atoms with Crippen molar-refractivity contribution in [1.82, 2.24) is 45.6 Å². The van der Waals surface area contributed by atoms with Gasteiger partial charge in [0.15, 0.2) is 5.82 Å². The molecule has 2 aromatic heterocycles. The normalized spacial score (nSPS) is 20.6. The summed E-state index contributed by atoms with van der Waals surface area (Å²) in [7, 11) is 3.44. The zero-order chi connectivity index (χ0) is 43.4. The van der Waals surface area contributed by atoms with Gasteiger partial charge in [-0.1, -0.05) is 32.6 Å². The molecule has 3 aliphatic rings. The van der Waals surface area contributed by atoms with E-state index < -0.39 is 35.8 Å². The van der Waals surface area contributed by atoms with Crippen LogP contribution in [0.4, 0.5) is 8.78 Å². The SMILES string of the molecule is CCC[C@H](NC(=O)[C@H](C)NC)C(=O)N1CCC[C@H]1Cc1c(-c2nc3cc(F)ccc3n2C[C@@H]2CCCN2C(=O)[C@@H](NC(=O)[C@H](C)NC)C2CCCCC2)[nH]c2cc(F)ccc12. The van der Waals surface area contributed by atoms with Crippen LogP contribution in [0.15, 0.2) is 36.4 Å². The van der Waals surface area contributed by atoms with Crippen molar-refractivity contribution in [2.45, 2.75) is 141 Å². The second-order valence-corrected chi connectivity index (χ2v) is 17.5. The maximum atomic E-state index is 14.9. The van der Waals surface area contributed by atoms with Crippen molar-refractivity contribution in [1.29, 1.82) is 0 Å². The second-order valence-electron chi connectivity index (χ2n) is 17.5. The van der Waals surface area contributed by atoms with Gasteiger partial charge in [-0.2, -0.15) is 0 Å². The summed E-state index contributed by atoms with van der Waals surface area (Å²) in [5, 5.41) is 12.8. The van der Waals surface area contributed by atoms with Crippen molar-refractivity contribution >= 4 is 45.6 Å². The van der Waals surface area contributed by atoms with Crippen molar-refractivity contribution in [2.24, 2.45) is 5.92 Å². The molecule has 61 heavy (non-hydrogen) atoms. The Hall–Kier alpha value is -4.89. The van der Waals surface area contributed by atoms with E-state index in [1.807, 2.05) is 21.3 Å². The van der Waals surface area contributed by atoms with Crippen molar-refractivity contribution in [3.63, 3.8) is 0 Å². The molecular formula is C46H63F2N9O4. The third-order valence-corrected chi connectivity index (χ3v) is 13.5. The van der Waals surface area contributed by atoms with Crippen LogP contribution in [0.3, 0.4) is 0 Å². The molecule has 0 bridgehead atoms. The first-order valence-electron chi connectivity index (χ1n) is 22.4. The number of carbonyl (C=O) groups is 4. The lowest BCUT2D eigenvalue weighted by atomic mass is 9.83. The Morgan fingerprint density at radius 2 is 1.44 bits per heavy atom. The predicted molar refractivity (Wildman–Crippen MR) is 233 cm³/mol. The van der Waals surface area contributed by atoms with Gasteiger partial charge < -0.3 is 40.6 Å². The average molecular weight is 844 g/mol.